The summed E-state index contributed by atoms with van der Waals surface area (Å²) in [5, 5.41) is 2.72. The third-order valence-electron chi connectivity index (χ3n) is 6.98. The molecule has 31 heavy (non-hydrogen) atoms. The smallest absolute Gasteiger partial charge is 0.0484 e. The van der Waals surface area contributed by atoms with Crippen LogP contribution in [0.5, 0.6) is 0 Å². The van der Waals surface area contributed by atoms with Crippen LogP contribution in [-0.4, -0.2) is 4.98 Å². The Balaban J connectivity index is 1.59. The van der Waals surface area contributed by atoms with Gasteiger partial charge in [0.2, 0.25) is 0 Å². The molecule has 3 aromatic carbocycles. The van der Waals surface area contributed by atoms with Crippen molar-refractivity contribution in [1.29, 1.82) is 0 Å². The molecule has 150 valence electrons. The molecule has 1 heterocycles. The largest absolute Gasteiger partial charge is 0.261 e. The summed E-state index contributed by atoms with van der Waals surface area (Å²) in [6.07, 6.45) is 9.98. The van der Waals surface area contributed by atoms with E-state index in [9.17, 15) is 0 Å². The second-order valence-corrected chi connectivity index (χ2v) is 8.65. The molecular formula is C30H25N. The molecule has 0 N–H and O–H groups in total. The monoisotopic (exact) mass is 399 g/mol. The lowest BCUT2D eigenvalue weighted by atomic mass is 9.67. The summed E-state index contributed by atoms with van der Waals surface area (Å²) >= 11 is 0. The summed E-state index contributed by atoms with van der Waals surface area (Å²) in [6, 6.07) is 30.8. The predicted octanol–water partition coefficient (Wildman–Crippen LogP) is 7.34. The highest BCUT2D eigenvalue weighted by molar-refractivity contribution is 5.94. The number of hydrogen-bond acceptors (Lipinski definition) is 1. The molecule has 0 bridgehead atoms. The Hall–Kier alpha value is -3.45. The molecule has 2 unspecified atom stereocenters. The number of allylic oxidation sites excluding steroid dienone is 4. The fourth-order valence-corrected chi connectivity index (χ4v) is 5.63. The molecule has 2 aliphatic carbocycles. The maximum Gasteiger partial charge on any atom is 0.0484 e. The Morgan fingerprint density at radius 2 is 1.65 bits per heavy atom. The highest BCUT2D eigenvalue weighted by Gasteiger charge is 2.35. The summed E-state index contributed by atoms with van der Waals surface area (Å²) in [6.45, 7) is 0. The van der Waals surface area contributed by atoms with Crippen molar-refractivity contribution in [3.8, 4) is 0 Å². The number of benzene rings is 3. The van der Waals surface area contributed by atoms with E-state index in [-0.39, 0.29) is 5.92 Å². The van der Waals surface area contributed by atoms with Crippen molar-refractivity contribution in [2.75, 3.05) is 0 Å². The number of hydrogen-bond donors (Lipinski definition) is 0. The van der Waals surface area contributed by atoms with Crippen molar-refractivity contribution in [1.82, 2.24) is 4.98 Å². The Morgan fingerprint density at radius 1 is 0.806 bits per heavy atom. The molecule has 0 amide bonds. The van der Waals surface area contributed by atoms with E-state index >= 15 is 0 Å². The molecule has 6 rings (SSSR count). The van der Waals surface area contributed by atoms with E-state index in [1.165, 1.54) is 38.7 Å². The van der Waals surface area contributed by atoms with Gasteiger partial charge in [-0.15, -0.1) is 0 Å². The molecule has 0 saturated heterocycles. The second kappa shape index (κ2) is 7.67. The lowest BCUT2D eigenvalue weighted by Crippen LogP contribution is -2.25. The van der Waals surface area contributed by atoms with Gasteiger partial charge in [0.25, 0.3) is 0 Å². The average Bonchev–Trinajstić information content (AvgIpc) is 2.85. The Labute approximate surface area is 183 Å². The van der Waals surface area contributed by atoms with Crippen LogP contribution >= 0.6 is 0 Å². The first-order valence-electron chi connectivity index (χ1n) is 11.3. The van der Waals surface area contributed by atoms with Crippen LogP contribution in [0.4, 0.5) is 0 Å². The fraction of sp³-hybridized carbons (Fsp3) is 0.167. The van der Waals surface area contributed by atoms with Crippen LogP contribution in [-0.2, 0) is 6.42 Å². The quantitative estimate of drug-likeness (QED) is 0.351. The SMILES string of the molecule is C1=CC2=C(CC1)C(C(c1ccccc1)c1ccccn1)Cc1c2ccc2ccccc12. The zero-order valence-corrected chi connectivity index (χ0v) is 17.5. The lowest BCUT2D eigenvalue weighted by Gasteiger charge is -2.37. The van der Waals surface area contributed by atoms with Gasteiger partial charge in [0.15, 0.2) is 0 Å². The van der Waals surface area contributed by atoms with Crippen LogP contribution in [0.3, 0.4) is 0 Å². The topological polar surface area (TPSA) is 12.9 Å². The molecule has 0 aliphatic heterocycles. The van der Waals surface area contributed by atoms with Gasteiger partial charge in [-0.2, -0.15) is 0 Å². The van der Waals surface area contributed by atoms with Gasteiger partial charge >= 0.3 is 0 Å². The zero-order valence-electron chi connectivity index (χ0n) is 17.5. The number of pyridine rings is 1. The summed E-state index contributed by atoms with van der Waals surface area (Å²) in [4.78, 5) is 4.85. The number of fused-ring (bicyclic) bond motifs is 4. The van der Waals surface area contributed by atoms with Gasteiger partial charge in [-0.05, 0) is 70.3 Å². The van der Waals surface area contributed by atoms with E-state index in [1.54, 1.807) is 5.57 Å². The average molecular weight is 400 g/mol. The first-order valence-corrected chi connectivity index (χ1v) is 11.3. The van der Waals surface area contributed by atoms with Crippen LogP contribution < -0.4 is 0 Å². The molecule has 2 atom stereocenters. The molecule has 2 aliphatic rings. The van der Waals surface area contributed by atoms with Crippen molar-refractivity contribution in [2.45, 2.75) is 25.2 Å². The fourth-order valence-electron chi connectivity index (χ4n) is 5.63. The van der Waals surface area contributed by atoms with Crippen LogP contribution in [0.15, 0.2) is 109 Å². The van der Waals surface area contributed by atoms with Gasteiger partial charge in [0, 0.05) is 17.8 Å². The van der Waals surface area contributed by atoms with Gasteiger partial charge in [-0.3, -0.25) is 4.98 Å². The number of aromatic nitrogens is 1. The minimum Gasteiger partial charge on any atom is -0.261 e. The Bertz CT molecular complexity index is 1260. The van der Waals surface area contributed by atoms with E-state index in [2.05, 4.69) is 91.0 Å². The van der Waals surface area contributed by atoms with Crippen LogP contribution in [0, 0.1) is 5.92 Å². The third-order valence-corrected chi connectivity index (χ3v) is 6.98. The highest BCUT2D eigenvalue weighted by atomic mass is 14.7. The molecule has 0 radical (unpaired) electrons. The molecule has 4 aromatic rings. The summed E-state index contributed by atoms with van der Waals surface area (Å²) in [5.41, 5.74) is 8.49. The Morgan fingerprint density at radius 3 is 2.52 bits per heavy atom. The molecule has 1 heteroatoms. The van der Waals surface area contributed by atoms with Gasteiger partial charge in [0.05, 0.1) is 0 Å². The normalized spacial score (nSPS) is 18.5. The first-order chi connectivity index (χ1) is 15.4. The molecule has 0 saturated carbocycles. The Kier molecular flexibility index (Phi) is 4.53. The number of rotatable bonds is 3. The minimum atomic E-state index is 0.256. The van der Waals surface area contributed by atoms with Crippen molar-refractivity contribution in [2.24, 2.45) is 5.92 Å². The summed E-state index contributed by atoms with van der Waals surface area (Å²) in [5.74, 6) is 0.668. The van der Waals surface area contributed by atoms with Crippen molar-refractivity contribution >= 4 is 16.3 Å². The predicted molar refractivity (Wildman–Crippen MR) is 129 cm³/mol. The highest BCUT2D eigenvalue weighted by Crippen LogP contribution is 2.48. The van der Waals surface area contributed by atoms with Gasteiger partial charge in [-0.25, -0.2) is 0 Å². The maximum absolute atomic E-state index is 4.85. The third kappa shape index (κ3) is 3.13. The van der Waals surface area contributed by atoms with E-state index in [4.69, 9.17) is 4.98 Å². The van der Waals surface area contributed by atoms with E-state index in [0.29, 0.717) is 5.92 Å². The van der Waals surface area contributed by atoms with Crippen LogP contribution in [0.25, 0.3) is 16.3 Å². The van der Waals surface area contributed by atoms with E-state index < -0.39 is 0 Å². The summed E-state index contributed by atoms with van der Waals surface area (Å²) in [7, 11) is 0. The molecule has 1 aromatic heterocycles. The van der Waals surface area contributed by atoms with E-state index in [0.717, 1.165) is 19.3 Å². The zero-order chi connectivity index (χ0) is 20.6. The van der Waals surface area contributed by atoms with Gasteiger partial charge in [0.1, 0.15) is 0 Å². The standard InChI is InChI=1S/C30H25N/c1-2-11-22(12-3-1)30(29-16-8-9-19-31-29)28-20-27-23-13-5-4-10-21(23)17-18-26(27)24-14-6-7-15-25(24)28/h1-6,8-14,16-19,28,30H,7,15,20H2. The van der Waals surface area contributed by atoms with Crippen molar-refractivity contribution in [3.63, 3.8) is 0 Å². The maximum atomic E-state index is 4.85. The second-order valence-electron chi connectivity index (χ2n) is 8.65. The molecular weight excluding hydrogens is 374 g/mol. The molecule has 1 nitrogen and oxygen atoms in total. The van der Waals surface area contributed by atoms with Gasteiger partial charge < -0.3 is 0 Å². The lowest BCUT2D eigenvalue weighted by molar-refractivity contribution is 0.505. The number of nitrogens with zero attached hydrogens (tertiary/aromatic N) is 1. The molecule has 0 spiro atoms. The molecule has 0 fully saturated rings. The summed E-state index contributed by atoms with van der Waals surface area (Å²) < 4.78 is 0. The van der Waals surface area contributed by atoms with Crippen LogP contribution in [0.1, 0.15) is 41.1 Å². The van der Waals surface area contributed by atoms with Gasteiger partial charge in [-0.1, -0.05) is 90.5 Å². The minimum absolute atomic E-state index is 0.256. The van der Waals surface area contributed by atoms with Crippen molar-refractivity contribution in [3.05, 3.63) is 131 Å². The first kappa shape index (κ1) is 18.3. The van der Waals surface area contributed by atoms with Crippen LogP contribution in [0.2, 0.25) is 0 Å². The van der Waals surface area contributed by atoms with Crippen molar-refractivity contribution < 1.29 is 0 Å². The van der Waals surface area contributed by atoms with E-state index in [1.807, 2.05) is 12.3 Å².